The highest BCUT2D eigenvalue weighted by atomic mass is 79.9. The number of aromatic nitrogens is 1. The fraction of sp³-hybridized carbons (Fsp3) is 0.286. The molecule has 30 heavy (non-hydrogen) atoms. The lowest BCUT2D eigenvalue weighted by Crippen LogP contribution is -2.23. The predicted octanol–water partition coefficient (Wildman–Crippen LogP) is 4.07. The second kappa shape index (κ2) is 8.79. The van der Waals surface area contributed by atoms with E-state index in [0.29, 0.717) is 12.3 Å². The summed E-state index contributed by atoms with van der Waals surface area (Å²) in [6.07, 6.45) is 0.158. The molecule has 0 fully saturated rings. The number of aryl methyl sites for hydroxylation is 1. The van der Waals surface area contributed by atoms with Crippen LogP contribution >= 0.6 is 15.9 Å². The standard InChI is InChI=1S/C21H24BrN3O4S/c1-5-29-19-9-7-15(11-20(19)30(27,28)25(3)4)24-21(26)12-16-13(2)23-18-8-6-14(22)10-17(16)18/h6-11,23H,5,12H2,1-4H3,(H,24,26). The first-order chi connectivity index (χ1) is 14.1. The summed E-state index contributed by atoms with van der Waals surface area (Å²) in [7, 11) is -0.826. The van der Waals surface area contributed by atoms with Gasteiger partial charge >= 0.3 is 0 Å². The molecule has 2 N–H and O–H groups in total. The minimum Gasteiger partial charge on any atom is -0.492 e. The highest BCUT2D eigenvalue weighted by molar-refractivity contribution is 9.10. The fourth-order valence-electron chi connectivity index (χ4n) is 3.21. The lowest BCUT2D eigenvalue weighted by atomic mass is 10.1. The molecule has 3 rings (SSSR count). The quantitative estimate of drug-likeness (QED) is 0.518. The van der Waals surface area contributed by atoms with Crippen molar-refractivity contribution in [3.63, 3.8) is 0 Å². The van der Waals surface area contributed by atoms with Crippen LogP contribution in [-0.4, -0.2) is 44.3 Å². The summed E-state index contributed by atoms with van der Waals surface area (Å²) in [5, 5.41) is 3.78. The normalized spacial score (nSPS) is 11.8. The Labute approximate surface area is 184 Å². The van der Waals surface area contributed by atoms with Gasteiger partial charge in [-0.15, -0.1) is 0 Å². The van der Waals surface area contributed by atoms with E-state index in [2.05, 4.69) is 26.2 Å². The molecule has 0 bridgehead atoms. The highest BCUT2D eigenvalue weighted by Gasteiger charge is 2.23. The molecular formula is C21H24BrN3O4S. The first-order valence-corrected chi connectivity index (χ1v) is 11.6. The SMILES string of the molecule is CCOc1ccc(NC(=O)Cc2c(C)[nH]c3ccc(Br)cc23)cc1S(=O)(=O)N(C)C. The van der Waals surface area contributed by atoms with E-state index >= 15 is 0 Å². The number of fused-ring (bicyclic) bond motifs is 1. The molecule has 0 atom stereocenters. The van der Waals surface area contributed by atoms with Crippen molar-refractivity contribution in [2.45, 2.75) is 25.2 Å². The second-order valence-corrected chi connectivity index (χ2v) is 10.1. The number of carbonyl (C=O) groups is 1. The molecule has 3 aromatic rings. The van der Waals surface area contributed by atoms with Crippen LogP contribution in [0.25, 0.3) is 10.9 Å². The van der Waals surface area contributed by atoms with Crippen molar-refractivity contribution in [2.24, 2.45) is 0 Å². The Bertz CT molecular complexity index is 1200. The molecule has 0 saturated carbocycles. The van der Waals surface area contributed by atoms with E-state index in [-0.39, 0.29) is 23.0 Å². The number of hydrogen-bond donors (Lipinski definition) is 2. The monoisotopic (exact) mass is 493 g/mol. The van der Waals surface area contributed by atoms with Gasteiger partial charge in [0.25, 0.3) is 0 Å². The number of halogens is 1. The number of sulfonamides is 1. The van der Waals surface area contributed by atoms with Crippen LogP contribution < -0.4 is 10.1 Å². The Morgan fingerprint density at radius 2 is 1.93 bits per heavy atom. The Morgan fingerprint density at radius 1 is 1.20 bits per heavy atom. The van der Waals surface area contributed by atoms with Gasteiger partial charge in [-0.2, -0.15) is 0 Å². The largest absolute Gasteiger partial charge is 0.492 e. The molecular weight excluding hydrogens is 470 g/mol. The van der Waals surface area contributed by atoms with Crippen molar-refractivity contribution < 1.29 is 17.9 Å². The van der Waals surface area contributed by atoms with E-state index in [9.17, 15) is 13.2 Å². The van der Waals surface area contributed by atoms with E-state index in [1.165, 1.54) is 20.2 Å². The van der Waals surface area contributed by atoms with Gasteiger partial charge in [-0.05, 0) is 55.8 Å². The van der Waals surface area contributed by atoms with Crippen molar-refractivity contribution in [3.8, 4) is 5.75 Å². The Balaban J connectivity index is 1.89. The van der Waals surface area contributed by atoms with E-state index in [0.717, 1.165) is 30.9 Å². The summed E-state index contributed by atoms with van der Waals surface area (Å²) in [6, 6.07) is 10.5. The molecule has 0 saturated heterocycles. The number of amides is 1. The zero-order chi connectivity index (χ0) is 22.1. The molecule has 0 unspecified atom stereocenters. The number of aromatic amines is 1. The maximum absolute atomic E-state index is 12.7. The maximum Gasteiger partial charge on any atom is 0.246 e. The van der Waals surface area contributed by atoms with Crippen LogP contribution in [0, 0.1) is 6.92 Å². The Morgan fingerprint density at radius 3 is 2.60 bits per heavy atom. The Kier molecular flexibility index (Phi) is 6.54. The van der Waals surface area contributed by atoms with Crippen LogP contribution in [-0.2, 0) is 21.2 Å². The molecule has 1 aromatic heterocycles. The molecule has 0 aliphatic rings. The molecule has 9 heteroatoms. The van der Waals surface area contributed by atoms with Crippen LogP contribution in [0.3, 0.4) is 0 Å². The van der Waals surface area contributed by atoms with Crippen molar-refractivity contribution >= 4 is 48.5 Å². The molecule has 0 aliphatic heterocycles. The zero-order valence-corrected chi connectivity index (χ0v) is 19.6. The molecule has 1 heterocycles. The lowest BCUT2D eigenvalue weighted by molar-refractivity contribution is -0.115. The van der Waals surface area contributed by atoms with Gasteiger partial charge in [0, 0.05) is 40.9 Å². The molecule has 0 aliphatic carbocycles. The van der Waals surface area contributed by atoms with Gasteiger partial charge in [0.1, 0.15) is 10.6 Å². The van der Waals surface area contributed by atoms with Crippen LogP contribution in [0.15, 0.2) is 45.8 Å². The molecule has 2 aromatic carbocycles. The van der Waals surface area contributed by atoms with Crippen molar-refractivity contribution in [1.82, 2.24) is 9.29 Å². The van der Waals surface area contributed by atoms with Gasteiger partial charge < -0.3 is 15.0 Å². The molecule has 160 valence electrons. The van der Waals surface area contributed by atoms with E-state index in [4.69, 9.17) is 4.74 Å². The van der Waals surface area contributed by atoms with E-state index < -0.39 is 10.0 Å². The minimum absolute atomic E-state index is 0.0133. The summed E-state index contributed by atoms with van der Waals surface area (Å²) in [4.78, 5) is 16.0. The zero-order valence-electron chi connectivity index (χ0n) is 17.2. The number of H-pyrrole nitrogens is 1. The third-order valence-corrected chi connectivity index (χ3v) is 7.03. The summed E-state index contributed by atoms with van der Waals surface area (Å²) in [5.41, 5.74) is 3.16. The van der Waals surface area contributed by atoms with Gasteiger partial charge in [-0.25, -0.2) is 12.7 Å². The number of nitrogens with zero attached hydrogens (tertiary/aromatic N) is 1. The number of anilines is 1. The van der Waals surface area contributed by atoms with Crippen molar-refractivity contribution in [3.05, 3.63) is 52.1 Å². The number of benzene rings is 2. The second-order valence-electron chi connectivity index (χ2n) is 7.03. The van der Waals surface area contributed by atoms with Crippen LogP contribution in [0.2, 0.25) is 0 Å². The number of nitrogens with one attached hydrogen (secondary N) is 2. The maximum atomic E-state index is 12.7. The first-order valence-electron chi connectivity index (χ1n) is 9.39. The Hall–Kier alpha value is -2.36. The first kappa shape index (κ1) is 22.3. The third-order valence-electron chi connectivity index (χ3n) is 4.70. The molecule has 7 nitrogen and oxygen atoms in total. The van der Waals surface area contributed by atoms with Crippen molar-refractivity contribution in [2.75, 3.05) is 26.0 Å². The highest BCUT2D eigenvalue weighted by Crippen LogP contribution is 2.30. The number of hydrogen-bond acceptors (Lipinski definition) is 4. The van der Waals surface area contributed by atoms with Crippen LogP contribution in [0.1, 0.15) is 18.2 Å². The molecule has 0 radical (unpaired) electrons. The molecule has 0 spiro atoms. The summed E-state index contributed by atoms with van der Waals surface area (Å²) in [6.45, 7) is 4.04. The average Bonchev–Trinajstić information content (AvgIpc) is 2.97. The van der Waals surface area contributed by atoms with Gasteiger partial charge in [0.2, 0.25) is 15.9 Å². The van der Waals surface area contributed by atoms with Crippen molar-refractivity contribution in [1.29, 1.82) is 0 Å². The summed E-state index contributed by atoms with van der Waals surface area (Å²) in [5.74, 6) is 0.0119. The van der Waals surface area contributed by atoms with Gasteiger partial charge in [-0.3, -0.25) is 4.79 Å². The van der Waals surface area contributed by atoms with Crippen LogP contribution in [0.5, 0.6) is 5.75 Å². The number of carbonyl (C=O) groups excluding carboxylic acids is 1. The minimum atomic E-state index is -3.73. The van der Waals surface area contributed by atoms with E-state index in [1.807, 2.05) is 25.1 Å². The molecule has 1 amide bonds. The fourth-order valence-corrected chi connectivity index (χ4v) is 4.62. The average molecular weight is 494 g/mol. The van der Waals surface area contributed by atoms with Gasteiger partial charge in [0.15, 0.2) is 0 Å². The van der Waals surface area contributed by atoms with Gasteiger partial charge in [0.05, 0.1) is 13.0 Å². The summed E-state index contributed by atoms with van der Waals surface area (Å²) >= 11 is 3.47. The van der Waals surface area contributed by atoms with Crippen LogP contribution in [0.4, 0.5) is 5.69 Å². The summed E-state index contributed by atoms with van der Waals surface area (Å²) < 4.78 is 32.9. The predicted molar refractivity (Wildman–Crippen MR) is 122 cm³/mol. The number of ether oxygens (including phenoxy) is 1. The lowest BCUT2D eigenvalue weighted by Gasteiger charge is -2.16. The number of rotatable bonds is 7. The van der Waals surface area contributed by atoms with Gasteiger partial charge in [-0.1, -0.05) is 15.9 Å². The van der Waals surface area contributed by atoms with E-state index in [1.54, 1.807) is 19.1 Å². The smallest absolute Gasteiger partial charge is 0.246 e. The topological polar surface area (TPSA) is 91.5 Å². The third kappa shape index (κ3) is 4.53.